The van der Waals surface area contributed by atoms with Crippen LogP contribution in [0.1, 0.15) is 19.4 Å². The maximum atomic E-state index is 12.2. The zero-order chi connectivity index (χ0) is 14.6. The number of thiophene rings is 1. The molecular formula is C13H17N3O2S2. The topological polar surface area (TPSA) is 71.1 Å². The largest absolute Gasteiger partial charge is 0.310 e. The molecule has 2 aromatic rings. The summed E-state index contributed by atoms with van der Waals surface area (Å²) in [7, 11) is -3.53. The second-order valence-electron chi connectivity index (χ2n) is 4.66. The predicted molar refractivity (Wildman–Crippen MR) is 81.3 cm³/mol. The Morgan fingerprint density at radius 2 is 2.20 bits per heavy atom. The molecule has 0 spiro atoms. The smallest absolute Gasteiger partial charge is 0.271 e. The van der Waals surface area contributed by atoms with Crippen LogP contribution in [-0.4, -0.2) is 19.4 Å². The highest BCUT2D eigenvalue weighted by atomic mass is 32.2. The quantitative estimate of drug-likeness (QED) is 0.859. The Morgan fingerprint density at radius 3 is 2.85 bits per heavy atom. The first-order valence-corrected chi connectivity index (χ1v) is 8.57. The number of aromatic nitrogens is 1. The highest BCUT2D eigenvalue weighted by Crippen LogP contribution is 2.22. The molecule has 0 aliphatic rings. The number of hydrogen-bond donors (Lipinski definition) is 2. The summed E-state index contributed by atoms with van der Waals surface area (Å²) in [6, 6.07) is 5.41. The van der Waals surface area contributed by atoms with Gasteiger partial charge in [-0.2, -0.15) is 0 Å². The van der Waals surface area contributed by atoms with Crippen molar-refractivity contribution in [1.29, 1.82) is 0 Å². The molecule has 0 radical (unpaired) electrons. The van der Waals surface area contributed by atoms with Crippen LogP contribution in [0.25, 0.3) is 0 Å². The van der Waals surface area contributed by atoms with Gasteiger partial charge in [-0.05, 0) is 29.1 Å². The minimum Gasteiger partial charge on any atom is -0.310 e. The highest BCUT2D eigenvalue weighted by molar-refractivity contribution is 7.94. The molecule has 2 aromatic heterocycles. The molecule has 2 rings (SSSR count). The van der Waals surface area contributed by atoms with E-state index in [2.05, 4.69) is 15.0 Å². The van der Waals surface area contributed by atoms with Gasteiger partial charge in [-0.1, -0.05) is 13.8 Å². The fourth-order valence-corrected chi connectivity index (χ4v) is 3.79. The molecule has 0 aliphatic heterocycles. The van der Waals surface area contributed by atoms with E-state index in [0.717, 1.165) is 5.56 Å². The summed E-state index contributed by atoms with van der Waals surface area (Å²) < 4.78 is 27.2. The Kier molecular flexibility index (Phi) is 4.74. The average molecular weight is 311 g/mol. The maximum Gasteiger partial charge on any atom is 0.271 e. The van der Waals surface area contributed by atoms with Gasteiger partial charge in [0.25, 0.3) is 10.0 Å². The van der Waals surface area contributed by atoms with E-state index in [1.807, 2.05) is 19.2 Å². The maximum absolute atomic E-state index is 12.2. The molecule has 0 saturated carbocycles. The lowest BCUT2D eigenvalue weighted by Gasteiger charge is -2.06. The third kappa shape index (κ3) is 4.03. The molecular weight excluding hydrogens is 294 g/mol. The third-order valence-corrected chi connectivity index (χ3v) is 5.39. The molecule has 0 saturated heterocycles. The summed E-state index contributed by atoms with van der Waals surface area (Å²) in [5.41, 5.74) is 1.43. The summed E-state index contributed by atoms with van der Waals surface area (Å²) in [4.78, 5) is 3.88. The van der Waals surface area contributed by atoms with Crippen molar-refractivity contribution >= 4 is 27.0 Å². The van der Waals surface area contributed by atoms with Gasteiger partial charge in [0.2, 0.25) is 0 Å². The lowest BCUT2D eigenvalue weighted by Crippen LogP contribution is -2.21. The summed E-state index contributed by atoms with van der Waals surface area (Å²) >= 11 is 1.22. The lowest BCUT2D eigenvalue weighted by molar-refractivity contribution is 0.589. The van der Waals surface area contributed by atoms with E-state index in [1.54, 1.807) is 24.4 Å². The SMILES string of the molecule is CC(C)NCc1csc(S(=O)(=O)Nc2cccnc2)c1. The van der Waals surface area contributed by atoms with E-state index in [0.29, 0.717) is 22.5 Å². The number of rotatable bonds is 6. The van der Waals surface area contributed by atoms with Crippen molar-refractivity contribution in [3.05, 3.63) is 41.5 Å². The average Bonchev–Trinajstić information content (AvgIpc) is 2.86. The fourth-order valence-electron chi connectivity index (χ4n) is 1.54. The van der Waals surface area contributed by atoms with Gasteiger partial charge in [0, 0.05) is 18.8 Å². The molecule has 0 bridgehead atoms. The van der Waals surface area contributed by atoms with Crippen molar-refractivity contribution in [3.8, 4) is 0 Å². The molecule has 7 heteroatoms. The van der Waals surface area contributed by atoms with Gasteiger partial charge in [0.15, 0.2) is 0 Å². The lowest BCUT2D eigenvalue weighted by atomic mass is 10.3. The third-order valence-electron chi connectivity index (χ3n) is 2.52. The van der Waals surface area contributed by atoms with Crippen molar-refractivity contribution in [2.24, 2.45) is 0 Å². The molecule has 0 fully saturated rings. The van der Waals surface area contributed by atoms with Gasteiger partial charge in [0.05, 0.1) is 11.9 Å². The predicted octanol–water partition coefficient (Wildman–Crippen LogP) is 2.44. The van der Waals surface area contributed by atoms with Gasteiger partial charge < -0.3 is 5.32 Å². The van der Waals surface area contributed by atoms with E-state index in [4.69, 9.17) is 0 Å². The number of hydrogen-bond acceptors (Lipinski definition) is 5. The summed E-state index contributed by atoms with van der Waals surface area (Å²) in [6.07, 6.45) is 3.07. The van der Waals surface area contributed by atoms with Crippen LogP contribution in [0, 0.1) is 0 Å². The molecule has 108 valence electrons. The number of anilines is 1. The zero-order valence-electron chi connectivity index (χ0n) is 11.3. The summed E-state index contributed by atoms with van der Waals surface area (Å²) in [5, 5.41) is 5.11. The molecule has 0 aromatic carbocycles. The molecule has 5 nitrogen and oxygen atoms in total. The van der Waals surface area contributed by atoms with Crippen LogP contribution < -0.4 is 10.0 Å². The van der Waals surface area contributed by atoms with Crippen LogP contribution in [0.4, 0.5) is 5.69 Å². The fraction of sp³-hybridized carbons (Fsp3) is 0.308. The molecule has 0 unspecified atom stereocenters. The number of nitrogens with zero attached hydrogens (tertiary/aromatic N) is 1. The van der Waals surface area contributed by atoms with E-state index in [-0.39, 0.29) is 0 Å². The number of pyridine rings is 1. The Balaban J connectivity index is 2.10. The molecule has 0 atom stereocenters. The van der Waals surface area contributed by atoms with Crippen molar-refractivity contribution in [2.45, 2.75) is 30.6 Å². The Labute approximate surface area is 123 Å². The van der Waals surface area contributed by atoms with Crippen LogP contribution in [0.2, 0.25) is 0 Å². The van der Waals surface area contributed by atoms with Crippen molar-refractivity contribution in [1.82, 2.24) is 10.3 Å². The van der Waals surface area contributed by atoms with Gasteiger partial charge in [-0.25, -0.2) is 8.42 Å². The van der Waals surface area contributed by atoms with Crippen LogP contribution in [0.5, 0.6) is 0 Å². The number of sulfonamides is 1. The first-order chi connectivity index (χ1) is 9.47. The van der Waals surface area contributed by atoms with Crippen LogP contribution in [-0.2, 0) is 16.6 Å². The molecule has 20 heavy (non-hydrogen) atoms. The zero-order valence-corrected chi connectivity index (χ0v) is 13.0. The second-order valence-corrected chi connectivity index (χ2v) is 7.48. The van der Waals surface area contributed by atoms with E-state index in [9.17, 15) is 8.42 Å². The van der Waals surface area contributed by atoms with Crippen LogP contribution >= 0.6 is 11.3 Å². The molecule has 2 N–H and O–H groups in total. The number of nitrogens with one attached hydrogen (secondary N) is 2. The first-order valence-electron chi connectivity index (χ1n) is 6.21. The minimum atomic E-state index is -3.53. The van der Waals surface area contributed by atoms with Gasteiger partial charge >= 0.3 is 0 Å². The van der Waals surface area contributed by atoms with Crippen LogP contribution in [0.3, 0.4) is 0 Å². The van der Waals surface area contributed by atoms with E-state index >= 15 is 0 Å². The molecule has 0 amide bonds. The molecule has 2 heterocycles. The molecule has 0 aliphatic carbocycles. The second kappa shape index (κ2) is 6.34. The first kappa shape index (κ1) is 15.0. The van der Waals surface area contributed by atoms with Gasteiger partial charge in [-0.15, -0.1) is 11.3 Å². The normalized spacial score (nSPS) is 11.8. The summed E-state index contributed by atoms with van der Waals surface area (Å²) in [6.45, 7) is 4.76. The standard InChI is InChI=1S/C13H17N3O2S2/c1-10(2)15-7-11-6-13(19-9-11)20(17,18)16-12-4-3-5-14-8-12/h3-6,8-10,15-16H,7H2,1-2H3. The van der Waals surface area contributed by atoms with E-state index in [1.165, 1.54) is 17.5 Å². The minimum absolute atomic E-state index is 0.307. The van der Waals surface area contributed by atoms with Gasteiger partial charge in [-0.3, -0.25) is 9.71 Å². The van der Waals surface area contributed by atoms with Gasteiger partial charge in [0.1, 0.15) is 4.21 Å². The van der Waals surface area contributed by atoms with E-state index < -0.39 is 10.0 Å². The Hall–Kier alpha value is -1.44. The monoisotopic (exact) mass is 311 g/mol. The van der Waals surface area contributed by atoms with Crippen molar-refractivity contribution in [3.63, 3.8) is 0 Å². The van der Waals surface area contributed by atoms with Crippen LogP contribution in [0.15, 0.2) is 40.2 Å². The Bertz CT molecular complexity index is 651. The highest BCUT2D eigenvalue weighted by Gasteiger charge is 2.17. The van der Waals surface area contributed by atoms with Crippen molar-refractivity contribution in [2.75, 3.05) is 4.72 Å². The summed E-state index contributed by atoms with van der Waals surface area (Å²) in [5.74, 6) is 0. The van der Waals surface area contributed by atoms with Crippen molar-refractivity contribution < 1.29 is 8.42 Å². The Morgan fingerprint density at radius 1 is 1.40 bits per heavy atom.